The number of rotatable bonds is 4. The van der Waals surface area contributed by atoms with Crippen molar-refractivity contribution in [3.05, 3.63) is 29.6 Å². The second-order valence-corrected chi connectivity index (χ2v) is 4.99. The van der Waals surface area contributed by atoms with Crippen LogP contribution in [-0.4, -0.2) is 53.6 Å². The van der Waals surface area contributed by atoms with Gasteiger partial charge in [0.1, 0.15) is 16.7 Å². The highest BCUT2D eigenvalue weighted by molar-refractivity contribution is 7.80. The second-order valence-electron chi connectivity index (χ2n) is 4.55. The van der Waals surface area contributed by atoms with Crippen molar-refractivity contribution in [3.8, 4) is 0 Å². The van der Waals surface area contributed by atoms with Crippen LogP contribution >= 0.6 is 12.2 Å². The van der Waals surface area contributed by atoms with Gasteiger partial charge in [0.05, 0.1) is 13.2 Å². The molecule has 0 saturated carbocycles. The van der Waals surface area contributed by atoms with E-state index in [0.717, 1.165) is 5.56 Å². The maximum Gasteiger partial charge on any atom is 0.239 e. The van der Waals surface area contributed by atoms with Gasteiger partial charge in [0.2, 0.25) is 5.91 Å². The Morgan fingerprint density at radius 2 is 2.50 bits per heavy atom. The SMILES string of the molecule is CNC(=O)C1COCCN1Cc1cccnc1C(N)=S. The summed E-state index contributed by atoms with van der Waals surface area (Å²) < 4.78 is 5.38. The number of hydrogen-bond acceptors (Lipinski definition) is 5. The van der Waals surface area contributed by atoms with Crippen molar-refractivity contribution in [1.82, 2.24) is 15.2 Å². The molecule has 2 rings (SSSR count). The third kappa shape index (κ3) is 3.30. The molecular weight excluding hydrogens is 276 g/mol. The van der Waals surface area contributed by atoms with Gasteiger partial charge in [-0.25, -0.2) is 0 Å². The van der Waals surface area contributed by atoms with Crippen LogP contribution in [-0.2, 0) is 16.1 Å². The number of amides is 1. The molecule has 1 unspecified atom stereocenters. The Labute approximate surface area is 123 Å². The van der Waals surface area contributed by atoms with E-state index in [-0.39, 0.29) is 16.9 Å². The fourth-order valence-corrected chi connectivity index (χ4v) is 2.43. The molecule has 1 amide bonds. The predicted molar refractivity (Wildman–Crippen MR) is 79.2 cm³/mol. The molecule has 1 fully saturated rings. The van der Waals surface area contributed by atoms with Crippen molar-refractivity contribution < 1.29 is 9.53 Å². The lowest BCUT2D eigenvalue weighted by Crippen LogP contribution is -2.52. The third-order valence-corrected chi connectivity index (χ3v) is 3.48. The molecule has 1 saturated heterocycles. The first-order chi connectivity index (χ1) is 9.63. The molecule has 1 aliphatic heterocycles. The van der Waals surface area contributed by atoms with Crippen LogP contribution in [0.5, 0.6) is 0 Å². The molecule has 0 radical (unpaired) electrons. The van der Waals surface area contributed by atoms with Crippen LogP contribution in [0.2, 0.25) is 0 Å². The Bertz CT molecular complexity index is 509. The first-order valence-electron chi connectivity index (χ1n) is 6.40. The topological polar surface area (TPSA) is 80.5 Å². The normalized spacial score (nSPS) is 19.6. The fraction of sp³-hybridized carbons (Fsp3) is 0.462. The minimum atomic E-state index is -0.298. The van der Waals surface area contributed by atoms with Gasteiger partial charge in [-0.05, 0) is 11.6 Å². The number of nitrogens with one attached hydrogen (secondary N) is 1. The summed E-state index contributed by atoms with van der Waals surface area (Å²) in [6.45, 7) is 2.25. The van der Waals surface area contributed by atoms with Gasteiger partial charge in [-0.1, -0.05) is 18.3 Å². The molecule has 1 aliphatic rings. The minimum Gasteiger partial charge on any atom is -0.388 e. The summed E-state index contributed by atoms with van der Waals surface area (Å²) in [5.41, 5.74) is 7.23. The molecule has 6 nitrogen and oxygen atoms in total. The van der Waals surface area contributed by atoms with E-state index in [1.165, 1.54) is 0 Å². The smallest absolute Gasteiger partial charge is 0.239 e. The number of hydrogen-bond donors (Lipinski definition) is 2. The van der Waals surface area contributed by atoms with Gasteiger partial charge >= 0.3 is 0 Å². The highest BCUT2D eigenvalue weighted by atomic mass is 32.1. The van der Waals surface area contributed by atoms with Gasteiger partial charge in [0.25, 0.3) is 0 Å². The number of carbonyl (C=O) groups excluding carboxylic acids is 1. The summed E-state index contributed by atoms with van der Waals surface area (Å²) in [7, 11) is 1.62. The second kappa shape index (κ2) is 6.74. The summed E-state index contributed by atoms with van der Waals surface area (Å²) >= 11 is 5.01. The van der Waals surface area contributed by atoms with Crippen LogP contribution in [0.4, 0.5) is 0 Å². The number of nitrogens with zero attached hydrogens (tertiary/aromatic N) is 2. The van der Waals surface area contributed by atoms with Crippen molar-refractivity contribution in [3.63, 3.8) is 0 Å². The van der Waals surface area contributed by atoms with Crippen LogP contribution in [0.25, 0.3) is 0 Å². The highest BCUT2D eigenvalue weighted by Crippen LogP contribution is 2.14. The molecule has 7 heteroatoms. The number of aromatic nitrogens is 1. The highest BCUT2D eigenvalue weighted by Gasteiger charge is 2.29. The summed E-state index contributed by atoms with van der Waals surface area (Å²) in [4.78, 5) is 18.4. The number of carbonyl (C=O) groups is 1. The molecule has 108 valence electrons. The number of thiocarbonyl (C=S) groups is 1. The summed E-state index contributed by atoms with van der Waals surface area (Å²) in [6.07, 6.45) is 1.66. The van der Waals surface area contributed by atoms with E-state index in [9.17, 15) is 4.79 Å². The Hall–Kier alpha value is -1.57. The zero-order chi connectivity index (χ0) is 14.5. The third-order valence-electron chi connectivity index (χ3n) is 3.29. The first-order valence-corrected chi connectivity index (χ1v) is 6.81. The monoisotopic (exact) mass is 294 g/mol. The van der Waals surface area contributed by atoms with E-state index in [4.69, 9.17) is 22.7 Å². The van der Waals surface area contributed by atoms with Gasteiger partial charge < -0.3 is 15.8 Å². The first kappa shape index (κ1) is 14.8. The van der Waals surface area contributed by atoms with Crippen LogP contribution in [0, 0.1) is 0 Å². The van der Waals surface area contributed by atoms with Crippen LogP contribution in [0.15, 0.2) is 18.3 Å². The lowest BCUT2D eigenvalue weighted by molar-refractivity contribution is -0.132. The molecular formula is C13H18N4O2S. The van der Waals surface area contributed by atoms with Crippen molar-refractivity contribution in [1.29, 1.82) is 0 Å². The Morgan fingerprint density at radius 3 is 3.20 bits per heavy atom. The maximum absolute atomic E-state index is 11.9. The van der Waals surface area contributed by atoms with Gasteiger partial charge in [0.15, 0.2) is 0 Å². The average Bonchev–Trinajstić information content (AvgIpc) is 2.47. The molecule has 3 N–H and O–H groups in total. The van der Waals surface area contributed by atoms with E-state index in [1.807, 2.05) is 12.1 Å². The Kier molecular flexibility index (Phi) is 4.99. The van der Waals surface area contributed by atoms with E-state index in [0.29, 0.717) is 32.0 Å². The lowest BCUT2D eigenvalue weighted by atomic mass is 10.1. The van der Waals surface area contributed by atoms with Crippen molar-refractivity contribution in [2.24, 2.45) is 5.73 Å². The summed E-state index contributed by atoms with van der Waals surface area (Å²) in [5, 5.41) is 2.66. The van der Waals surface area contributed by atoms with Gasteiger partial charge in [-0.2, -0.15) is 0 Å². The van der Waals surface area contributed by atoms with E-state index in [2.05, 4.69) is 15.2 Å². The average molecular weight is 294 g/mol. The van der Waals surface area contributed by atoms with E-state index in [1.54, 1.807) is 13.2 Å². The van der Waals surface area contributed by atoms with Crippen molar-refractivity contribution in [2.45, 2.75) is 12.6 Å². The largest absolute Gasteiger partial charge is 0.388 e. The van der Waals surface area contributed by atoms with Crippen LogP contribution in [0.3, 0.4) is 0 Å². The van der Waals surface area contributed by atoms with E-state index < -0.39 is 0 Å². The zero-order valence-corrected chi connectivity index (χ0v) is 12.2. The molecule has 2 heterocycles. The molecule has 0 aliphatic carbocycles. The summed E-state index contributed by atoms with van der Waals surface area (Å²) in [5.74, 6) is -0.0505. The number of nitrogens with two attached hydrogens (primary N) is 1. The van der Waals surface area contributed by atoms with Gasteiger partial charge in [-0.15, -0.1) is 0 Å². The van der Waals surface area contributed by atoms with Crippen LogP contribution < -0.4 is 11.1 Å². The molecule has 0 spiro atoms. The van der Waals surface area contributed by atoms with Gasteiger partial charge in [-0.3, -0.25) is 14.7 Å². The summed E-state index contributed by atoms with van der Waals surface area (Å²) in [6, 6.07) is 3.47. The Morgan fingerprint density at radius 1 is 1.70 bits per heavy atom. The van der Waals surface area contributed by atoms with Crippen molar-refractivity contribution >= 4 is 23.1 Å². The number of pyridine rings is 1. The maximum atomic E-state index is 11.9. The fourth-order valence-electron chi connectivity index (χ4n) is 2.24. The molecule has 0 bridgehead atoms. The Balaban J connectivity index is 2.19. The quantitative estimate of drug-likeness (QED) is 0.740. The zero-order valence-electron chi connectivity index (χ0n) is 11.3. The van der Waals surface area contributed by atoms with E-state index >= 15 is 0 Å². The molecule has 1 aromatic heterocycles. The molecule has 1 aromatic rings. The molecule has 1 atom stereocenters. The number of ether oxygens (including phenoxy) is 1. The standard InChI is InChI=1S/C13H18N4O2S/c1-15-13(18)10-8-19-6-5-17(10)7-9-3-2-4-16-11(9)12(14)20/h2-4,10H,5-8H2,1H3,(H2,14,20)(H,15,18). The van der Waals surface area contributed by atoms with Crippen molar-refractivity contribution in [2.75, 3.05) is 26.8 Å². The lowest BCUT2D eigenvalue weighted by Gasteiger charge is -2.34. The predicted octanol–water partition coefficient (Wildman–Crippen LogP) is -0.337. The molecule has 20 heavy (non-hydrogen) atoms. The number of morpholine rings is 1. The minimum absolute atomic E-state index is 0.0505. The van der Waals surface area contributed by atoms with Crippen LogP contribution in [0.1, 0.15) is 11.3 Å². The van der Waals surface area contributed by atoms with Gasteiger partial charge in [0, 0.05) is 26.3 Å². The molecule has 0 aromatic carbocycles. The number of likely N-dealkylation sites (N-methyl/N-ethyl adjacent to an activating group) is 1.